The van der Waals surface area contributed by atoms with Gasteiger partial charge in [-0.3, -0.25) is 4.79 Å². The van der Waals surface area contributed by atoms with Gasteiger partial charge < -0.3 is 21.4 Å². The second kappa shape index (κ2) is 5.47. The minimum atomic E-state index is -0.629. The topological polar surface area (TPSA) is 99.0 Å². The zero-order valence-corrected chi connectivity index (χ0v) is 8.76. The molecule has 84 valence electrons. The third-order valence-corrected chi connectivity index (χ3v) is 2.10. The van der Waals surface area contributed by atoms with Crippen LogP contribution in [0, 0.1) is 0 Å². The van der Waals surface area contributed by atoms with E-state index >= 15 is 0 Å². The first kappa shape index (κ1) is 11.7. The molecule has 0 saturated heterocycles. The van der Waals surface area contributed by atoms with Crippen LogP contribution in [0.2, 0.25) is 0 Å². The number of aromatic nitrogens is 2. The fourth-order valence-corrected chi connectivity index (χ4v) is 1.20. The first-order chi connectivity index (χ1) is 7.09. The summed E-state index contributed by atoms with van der Waals surface area (Å²) in [5.41, 5.74) is 10.5. The van der Waals surface area contributed by atoms with E-state index in [9.17, 15) is 4.79 Å². The molecule has 0 aliphatic carbocycles. The maximum atomic E-state index is 10.7. The second-order valence-electron chi connectivity index (χ2n) is 3.58. The molecule has 6 heteroatoms. The molecule has 0 spiro atoms. The highest BCUT2D eigenvalue weighted by Gasteiger charge is 2.10. The lowest BCUT2D eigenvalue weighted by Crippen LogP contribution is -2.47. The summed E-state index contributed by atoms with van der Waals surface area (Å²) in [7, 11) is 0. The summed E-state index contributed by atoms with van der Waals surface area (Å²) in [6.45, 7) is 3.18. The highest BCUT2D eigenvalue weighted by atomic mass is 16.1. The van der Waals surface area contributed by atoms with Crippen LogP contribution in [0.4, 0.5) is 0 Å². The van der Waals surface area contributed by atoms with Crippen molar-refractivity contribution >= 4 is 5.91 Å². The molecular formula is C9H17N5O. The van der Waals surface area contributed by atoms with E-state index in [2.05, 4.69) is 10.3 Å². The second-order valence-corrected chi connectivity index (χ2v) is 3.58. The van der Waals surface area contributed by atoms with Crippen LogP contribution < -0.4 is 16.8 Å². The van der Waals surface area contributed by atoms with E-state index in [4.69, 9.17) is 11.5 Å². The largest absolute Gasteiger partial charge is 0.368 e. The molecule has 0 radical (unpaired) electrons. The number of nitrogens with two attached hydrogens (primary N) is 2. The van der Waals surface area contributed by atoms with Crippen LogP contribution in [0.3, 0.4) is 0 Å². The molecule has 0 bridgehead atoms. The van der Waals surface area contributed by atoms with Gasteiger partial charge in [0.15, 0.2) is 0 Å². The van der Waals surface area contributed by atoms with Gasteiger partial charge >= 0.3 is 0 Å². The molecular weight excluding hydrogens is 194 g/mol. The van der Waals surface area contributed by atoms with Gasteiger partial charge in [0.25, 0.3) is 0 Å². The Kier molecular flexibility index (Phi) is 4.26. The van der Waals surface area contributed by atoms with Gasteiger partial charge in [0.05, 0.1) is 12.4 Å². The summed E-state index contributed by atoms with van der Waals surface area (Å²) in [5.74, 6) is -0.489. The summed E-state index contributed by atoms with van der Waals surface area (Å²) in [4.78, 5) is 14.6. The van der Waals surface area contributed by atoms with Crippen LogP contribution in [0.25, 0.3) is 0 Å². The number of hydrogen-bond acceptors (Lipinski definition) is 4. The SMILES string of the molecule is CC(Cn1ccnc1)NCC(N)C(N)=O. The molecule has 2 unspecified atom stereocenters. The van der Waals surface area contributed by atoms with Crippen molar-refractivity contribution in [1.82, 2.24) is 14.9 Å². The number of hydrogen-bond donors (Lipinski definition) is 3. The predicted molar refractivity (Wildman–Crippen MR) is 56.9 cm³/mol. The molecule has 1 heterocycles. The lowest BCUT2D eigenvalue weighted by atomic mass is 10.2. The number of carbonyl (C=O) groups excluding carboxylic acids is 1. The van der Waals surface area contributed by atoms with Crippen LogP contribution in [0.5, 0.6) is 0 Å². The smallest absolute Gasteiger partial charge is 0.235 e. The highest BCUT2D eigenvalue weighted by Crippen LogP contribution is 1.91. The molecule has 0 aliphatic rings. The number of amides is 1. The zero-order valence-electron chi connectivity index (χ0n) is 8.76. The highest BCUT2D eigenvalue weighted by molar-refractivity contribution is 5.79. The number of nitrogens with one attached hydrogen (secondary N) is 1. The maximum absolute atomic E-state index is 10.7. The molecule has 2 atom stereocenters. The average molecular weight is 211 g/mol. The lowest BCUT2D eigenvalue weighted by Gasteiger charge is -2.16. The van der Waals surface area contributed by atoms with Crippen LogP contribution in [0.1, 0.15) is 6.92 Å². The Morgan fingerprint density at radius 2 is 2.40 bits per heavy atom. The van der Waals surface area contributed by atoms with Crippen LogP contribution in [-0.2, 0) is 11.3 Å². The van der Waals surface area contributed by atoms with Crippen molar-refractivity contribution in [2.24, 2.45) is 11.5 Å². The van der Waals surface area contributed by atoms with Crippen molar-refractivity contribution in [3.8, 4) is 0 Å². The molecule has 0 fully saturated rings. The lowest BCUT2D eigenvalue weighted by molar-refractivity contribution is -0.119. The molecule has 1 aromatic heterocycles. The molecule has 1 aromatic rings. The Labute approximate surface area is 88.7 Å². The quantitative estimate of drug-likeness (QED) is 0.543. The molecule has 1 amide bonds. The van der Waals surface area contributed by atoms with Crippen LogP contribution >= 0.6 is 0 Å². The molecule has 6 nitrogen and oxygen atoms in total. The third-order valence-electron chi connectivity index (χ3n) is 2.10. The molecule has 5 N–H and O–H groups in total. The van der Waals surface area contributed by atoms with Crippen molar-refractivity contribution in [2.75, 3.05) is 6.54 Å². The Hall–Kier alpha value is -1.40. The normalized spacial score (nSPS) is 14.8. The van der Waals surface area contributed by atoms with Crippen LogP contribution in [0.15, 0.2) is 18.7 Å². The van der Waals surface area contributed by atoms with Crippen molar-refractivity contribution in [2.45, 2.75) is 25.6 Å². The monoisotopic (exact) mass is 211 g/mol. The van der Waals surface area contributed by atoms with E-state index in [0.29, 0.717) is 6.54 Å². The Balaban J connectivity index is 2.25. The van der Waals surface area contributed by atoms with E-state index in [-0.39, 0.29) is 6.04 Å². The Morgan fingerprint density at radius 3 is 2.93 bits per heavy atom. The fraction of sp³-hybridized carbons (Fsp3) is 0.556. The number of nitrogens with zero attached hydrogens (tertiary/aromatic N) is 2. The number of primary amides is 1. The van der Waals surface area contributed by atoms with E-state index < -0.39 is 11.9 Å². The van der Waals surface area contributed by atoms with Gasteiger partial charge in [-0.25, -0.2) is 4.98 Å². The molecule has 0 aliphatic heterocycles. The fourth-order valence-electron chi connectivity index (χ4n) is 1.20. The summed E-state index contributed by atoms with van der Waals surface area (Å²) >= 11 is 0. The van der Waals surface area contributed by atoms with E-state index in [1.54, 1.807) is 12.5 Å². The standard InChI is InChI=1S/C9H17N5O/c1-7(5-14-3-2-12-6-14)13-4-8(10)9(11)15/h2-3,6-8,13H,4-5,10H2,1H3,(H2,11,15). The maximum Gasteiger partial charge on any atom is 0.235 e. The molecule has 1 rings (SSSR count). The number of rotatable bonds is 6. The van der Waals surface area contributed by atoms with E-state index in [0.717, 1.165) is 6.54 Å². The van der Waals surface area contributed by atoms with E-state index in [1.165, 1.54) is 0 Å². The predicted octanol–water partition coefficient (Wildman–Crippen LogP) is -1.33. The van der Waals surface area contributed by atoms with Crippen molar-refractivity contribution < 1.29 is 4.79 Å². The minimum Gasteiger partial charge on any atom is -0.368 e. The van der Waals surface area contributed by atoms with Gasteiger partial charge in [0, 0.05) is 31.5 Å². The average Bonchev–Trinajstić information content (AvgIpc) is 2.66. The molecule has 15 heavy (non-hydrogen) atoms. The zero-order chi connectivity index (χ0) is 11.3. The first-order valence-electron chi connectivity index (χ1n) is 4.83. The van der Waals surface area contributed by atoms with Gasteiger partial charge in [-0.05, 0) is 6.92 Å². The van der Waals surface area contributed by atoms with Gasteiger partial charge in [-0.2, -0.15) is 0 Å². The summed E-state index contributed by atoms with van der Waals surface area (Å²) in [6.07, 6.45) is 5.35. The number of carbonyl (C=O) groups is 1. The Morgan fingerprint density at radius 1 is 1.67 bits per heavy atom. The molecule has 0 aromatic carbocycles. The van der Waals surface area contributed by atoms with Gasteiger partial charge in [-0.15, -0.1) is 0 Å². The number of imidazole rings is 1. The van der Waals surface area contributed by atoms with E-state index in [1.807, 2.05) is 17.7 Å². The molecule has 0 saturated carbocycles. The summed E-state index contributed by atoms with van der Waals surface area (Å²) < 4.78 is 1.95. The Bertz CT molecular complexity index is 297. The third kappa shape index (κ3) is 4.09. The summed E-state index contributed by atoms with van der Waals surface area (Å²) in [6, 6.07) is -0.417. The van der Waals surface area contributed by atoms with Gasteiger partial charge in [0.2, 0.25) is 5.91 Å². The van der Waals surface area contributed by atoms with Gasteiger partial charge in [0.1, 0.15) is 0 Å². The summed E-state index contributed by atoms with van der Waals surface area (Å²) in [5, 5.41) is 3.13. The van der Waals surface area contributed by atoms with Crippen molar-refractivity contribution in [1.29, 1.82) is 0 Å². The minimum absolute atomic E-state index is 0.213. The first-order valence-corrected chi connectivity index (χ1v) is 4.83. The van der Waals surface area contributed by atoms with Gasteiger partial charge in [-0.1, -0.05) is 0 Å². The van der Waals surface area contributed by atoms with Crippen molar-refractivity contribution in [3.63, 3.8) is 0 Å². The van der Waals surface area contributed by atoms with Crippen molar-refractivity contribution in [3.05, 3.63) is 18.7 Å². The van der Waals surface area contributed by atoms with Crippen LogP contribution in [-0.4, -0.2) is 34.1 Å².